The molecule has 3 rings (SSSR count). The molecule has 3 heterocycles. The zero-order valence-electron chi connectivity index (χ0n) is 14.0. The summed E-state index contributed by atoms with van der Waals surface area (Å²) in [5.41, 5.74) is 1.39. The summed E-state index contributed by atoms with van der Waals surface area (Å²) < 4.78 is 3.52. The van der Waals surface area contributed by atoms with Gasteiger partial charge in [-0.1, -0.05) is 0 Å². The van der Waals surface area contributed by atoms with Gasteiger partial charge in [0, 0.05) is 31.9 Å². The van der Waals surface area contributed by atoms with Crippen molar-refractivity contribution in [3.05, 3.63) is 52.5 Å². The van der Waals surface area contributed by atoms with E-state index in [1.54, 1.807) is 28.0 Å². The molecule has 0 fully saturated rings. The van der Waals surface area contributed by atoms with Gasteiger partial charge in [-0.3, -0.25) is 19.5 Å². The van der Waals surface area contributed by atoms with E-state index in [0.29, 0.717) is 24.5 Å². The Morgan fingerprint density at radius 2 is 1.84 bits per heavy atom. The fourth-order valence-corrected chi connectivity index (χ4v) is 2.31. The molecular formula is C15H18N8O2. The maximum Gasteiger partial charge on any atom is 0.329 e. The van der Waals surface area contributed by atoms with E-state index in [-0.39, 0.29) is 11.5 Å². The smallest absolute Gasteiger partial charge is 0.329 e. The number of aryl methyl sites for hydroxylation is 2. The molecule has 0 amide bonds. The van der Waals surface area contributed by atoms with Crippen molar-refractivity contribution in [2.75, 3.05) is 5.32 Å². The molecule has 0 atom stereocenters. The van der Waals surface area contributed by atoms with Crippen LogP contribution in [0, 0.1) is 10.1 Å². The summed E-state index contributed by atoms with van der Waals surface area (Å²) >= 11 is 0. The van der Waals surface area contributed by atoms with Crippen molar-refractivity contribution in [2.45, 2.75) is 33.4 Å². The lowest BCUT2D eigenvalue weighted by Gasteiger charge is -2.05. The van der Waals surface area contributed by atoms with Crippen LogP contribution in [0.2, 0.25) is 0 Å². The number of anilines is 2. The van der Waals surface area contributed by atoms with Crippen LogP contribution in [0.4, 0.5) is 17.2 Å². The summed E-state index contributed by atoms with van der Waals surface area (Å²) in [7, 11) is 0. The van der Waals surface area contributed by atoms with Gasteiger partial charge in [0.2, 0.25) is 5.82 Å². The first kappa shape index (κ1) is 16.6. The number of hydrogen-bond donors (Lipinski definition) is 1. The van der Waals surface area contributed by atoms with Crippen LogP contribution in [0.25, 0.3) is 0 Å². The Morgan fingerprint density at radius 3 is 2.48 bits per heavy atom. The van der Waals surface area contributed by atoms with Crippen LogP contribution in [0.1, 0.15) is 25.2 Å². The minimum Gasteiger partial charge on any atom is -0.332 e. The molecule has 0 aliphatic heterocycles. The van der Waals surface area contributed by atoms with Crippen molar-refractivity contribution in [3.63, 3.8) is 0 Å². The van der Waals surface area contributed by atoms with Gasteiger partial charge >= 0.3 is 5.69 Å². The van der Waals surface area contributed by atoms with Crippen molar-refractivity contribution in [1.82, 2.24) is 29.5 Å². The Morgan fingerprint density at radius 1 is 1.12 bits per heavy atom. The predicted molar refractivity (Wildman–Crippen MR) is 90.6 cm³/mol. The van der Waals surface area contributed by atoms with Crippen LogP contribution in [0.5, 0.6) is 0 Å². The van der Waals surface area contributed by atoms with Gasteiger partial charge in [0.15, 0.2) is 0 Å². The number of nitrogens with one attached hydrogen (secondary N) is 1. The highest BCUT2D eigenvalue weighted by Crippen LogP contribution is 2.25. The van der Waals surface area contributed by atoms with Gasteiger partial charge in [0.1, 0.15) is 12.0 Å². The van der Waals surface area contributed by atoms with E-state index in [1.807, 2.05) is 20.0 Å². The quantitative estimate of drug-likeness (QED) is 0.516. The summed E-state index contributed by atoms with van der Waals surface area (Å²) in [5, 5.41) is 22.5. The lowest BCUT2D eigenvalue weighted by molar-refractivity contribution is -0.384. The van der Waals surface area contributed by atoms with Gasteiger partial charge in [-0.05, 0) is 19.4 Å². The highest BCUT2D eigenvalue weighted by molar-refractivity contribution is 5.63. The molecule has 0 aliphatic rings. The molecule has 0 saturated carbocycles. The van der Waals surface area contributed by atoms with Crippen LogP contribution in [-0.4, -0.2) is 34.5 Å². The van der Waals surface area contributed by atoms with Crippen molar-refractivity contribution in [2.24, 2.45) is 0 Å². The Bertz CT molecular complexity index is 885. The largest absolute Gasteiger partial charge is 0.332 e. The van der Waals surface area contributed by atoms with Gasteiger partial charge in [-0.15, -0.1) is 0 Å². The summed E-state index contributed by atoms with van der Waals surface area (Å²) in [4.78, 5) is 19.1. The second-order valence-corrected chi connectivity index (χ2v) is 5.37. The Hall–Kier alpha value is -3.30. The van der Waals surface area contributed by atoms with Crippen molar-refractivity contribution >= 4 is 17.2 Å². The molecule has 0 aliphatic carbocycles. The molecule has 0 radical (unpaired) electrons. The summed E-state index contributed by atoms with van der Waals surface area (Å²) in [6.45, 7) is 5.44. The average Bonchev–Trinajstić information content (AvgIpc) is 3.24. The van der Waals surface area contributed by atoms with E-state index < -0.39 is 4.92 Å². The normalized spacial score (nSPS) is 10.8. The third kappa shape index (κ3) is 3.79. The van der Waals surface area contributed by atoms with Crippen LogP contribution in [-0.2, 0) is 19.5 Å². The lowest BCUT2D eigenvalue weighted by atomic mass is 10.2. The van der Waals surface area contributed by atoms with Gasteiger partial charge in [-0.25, -0.2) is 9.97 Å². The highest BCUT2D eigenvalue weighted by atomic mass is 16.6. The molecule has 1 N–H and O–H groups in total. The SMILES string of the molecule is CCn1cc(Cc2ncc([N+](=O)[O-])c(Nc3cnn(CC)c3)n2)cn1. The first-order valence-corrected chi connectivity index (χ1v) is 7.90. The number of rotatable bonds is 7. The van der Waals surface area contributed by atoms with E-state index in [1.165, 1.54) is 6.20 Å². The maximum absolute atomic E-state index is 11.2. The number of nitrogens with zero attached hydrogens (tertiary/aromatic N) is 7. The summed E-state index contributed by atoms with van der Waals surface area (Å²) in [6.07, 6.45) is 8.67. The number of nitro groups is 1. The van der Waals surface area contributed by atoms with E-state index in [0.717, 1.165) is 12.1 Å². The Labute approximate surface area is 143 Å². The van der Waals surface area contributed by atoms with Crippen LogP contribution < -0.4 is 5.32 Å². The minimum absolute atomic E-state index is 0.147. The molecule has 10 nitrogen and oxygen atoms in total. The van der Waals surface area contributed by atoms with Crippen LogP contribution in [0.15, 0.2) is 31.0 Å². The fourth-order valence-electron chi connectivity index (χ4n) is 2.31. The highest BCUT2D eigenvalue weighted by Gasteiger charge is 2.18. The summed E-state index contributed by atoms with van der Waals surface area (Å²) in [5.74, 6) is 0.625. The molecule has 3 aromatic rings. The maximum atomic E-state index is 11.2. The van der Waals surface area contributed by atoms with Crippen molar-refractivity contribution in [1.29, 1.82) is 0 Å². The molecule has 25 heavy (non-hydrogen) atoms. The number of aromatic nitrogens is 6. The molecule has 0 spiro atoms. The van der Waals surface area contributed by atoms with Gasteiger partial charge in [0.05, 0.1) is 23.0 Å². The first-order chi connectivity index (χ1) is 12.1. The zero-order chi connectivity index (χ0) is 17.8. The monoisotopic (exact) mass is 342 g/mol. The molecule has 10 heteroatoms. The molecule has 0 saturated heterocycles. The van der Waals surface area contributed by atoms with E-state index in [9.17, 15) is 10.1 Å². The van der Waals surface area contributed by atoms with Crippen molar-refractivity contribution < 1.29 is 4.92 Å². The fraction of sp³-hybridized carbons (Fsp3) is 0.333. The Balaban J connectivity index is 1.87. The predicted octanol–water partition coefficient (Wildman–Crippen LogP) is 2.15. The molecule has 0 bridgehead atoms. The first-order valence-electron chi connectivity index (χ1n) is 7.90. The zero-order valence-corrected chi connectivity index (χ0v) is 14.0. The van der Waals surface area contributed by atoms with Gasteiger partial charge < -0.3 is 5.32 Å². The van der Waals surface area contributed by atoms with Gasteiger partial charge in [-0.2, -0.15) is 10.2 Å². The lowest BCUT2D eigenvalue weighted by Crippen LogP contribution is -2.04. The van der Waals surface area contributed by atoms with E-state index >= 15 is 0 Å². The second-order valence-electron chi connectivity index (χ2n) is 5.37. The van der Waals surface area contributed by atoms with E-state index in [4.69, 9.17) is 0 Å². The van der Waals surface area contributed by atoms with E-state index in [2.05, 4.69) is 25.5 Å². The average molecular weight is 342 g/mol. The van der Waals surface area contributed by atoms with Crippen LogP contribution in [0.3, 0.4) is 0 Å². The Kier molecular flexibility index (Phi) is 4.68. The molecule has 0 aromatic carbocycles. The second kappa shape index (κ2) is 7.07. The topological polar surface area (TPSA) is 117 Å². The van der Waals surface area contributed by atoms with Crippen molar-refractivity contribution in [3.8, 4) is 0 Å². The minimum atomic E-state index is -0.508. The third-order valence-electron chi connectivity index (χ3n) is 3.61. The molecule has 130 valence electrons. The standard InChI is InChI=1S/C15H18N8O2/c1-3-21-9-11(6-17-21)5-14-16-8-13(23(24)25)15(20-14)19-12-7-18-22(4-2)10-12/h6-10H,3-5H2,1-2H3,(H,16,19,20). The third-order valence-corrected chi connectivity index (χ3v) is 3.61. The molecule has 3 aromatic heterocycles. The molecule has 0 unspecified atom stereocenters. The van der Waals surface area contributed by atoms with Crippen LogP contribution >= 0.6 is 0 Å². The summed E-state index contributed by atoms with van der Waals surface area (Å²) in [6, 6.07) is 0. The van der Waals surface area contributed by atoms with Gasteiger partial charge in [0.25, 0.3) is 0 Å². The number of hydrogen-bond acceptors (Lipinski definition) is 7. The molecular weight excluding hydrogens is 324 g/mol.